The van der Waals surface area contributed by atoms with Crippen LogP contribution in [0, 0.1) is 12.7 Å². The van der Waals surface area contributed by atoms with Crippen molar-refractivity contribution in [3.05, 3.63) is 87.9 Å². The lowest BCUT2D eigenvalue weighted by Gasteiger charge is -2.14. The molecule has 192 valence electrons. The lowest BCUT2D eigenvalue weighted by atomic mass is 10.1. The second kappa shape index (κ2) is 10.2. The molecule has 2 aromatic heterocycles. The molecule has 0 unspecified atom stereocenters. The fourth-order valence-electron chi connectivity index (χ4n) is 3.39. The summed E-state index contributed by atoms with van der Waals surface area (Å²) in [6.45, 7) is 1.19. The number of aromatic nitrogens is 4. The van der Waals surface area contributed by atoms with Crippen LogP contribution in [0.2, 0.25) is 0 Å². The van der Waals surface area contributed by atoms with Crippen LogP contribution >= 0.6 is 0 Å². The molecule has 12 heteroatoms. The topological polar surface area (TPSA) is 88.4 Å². The molecule has 4 rings (SSSR count). The second-order valence-corrected chi connectivity index (χ2v) is 7.91. The Labute approximate surface area is 208 Å². The molecule has 0 bridgehead atoms. The molecule has 2 aromatic carbocycles. The number of benzene rings is 2. The van der Waals surface area contributed by atoms with Crippen LogP contribution in [-0.2, 0) is 19.8 Å². The van der Waals surface area contributed by atoms with E-state index in [9.17, 15) is 22.4 Å². The Morgan fingerprint density at radius 3 is 2.41 bits per heavy atom. The molecule has 0 aliphatic carbocycles. The molecule has 4 aromatic rings. The number of aryl methyl sites for hydroxylation is 1. The molecule has 0 spiro atoms. The molecule has 0 saturated heterocycles. The minimum absolute atomic E-state index is 0.00557. The molecule has 0 N–H and O–H groups in total. The van der Waals surface area contributed by atoms with Crippen molar-refractivity contribution in [2.24, 2.45) is 7.05 Å². The number of alkyl halides is 3. The molecule has 0 saturated carbocycles. The van der Waals surface area contributed by atoms with Gasteiger partial charge in [-0.25, -0.2) is 19.2 Å². The fraction of sp³-hybridized carbons (Fsp3) is 0.200. The third kappa shape index (κ3) is 5.85. The molecule has 8 nitrogen and oxygen atoms in total. The van der Waals surface area contributed by atoms with Gasteiger partial charge in [0.05, 0.1) is 18.4 Å². The zero-order valence-corrected chi connectivity index (χ0v) is 19.8. The van der Waals surface area contributed by atoms with Gasteiger partial charge in [-0.05, 0) is 42.3 Å². The van der Waals surface area contributed by atoms with E-state index in [1.807, 2.05) is 0 Å². The molecular formula is C25H20F4N4O4. The van der Waals surface area contributed by atoms with E-state index < -0.39 is 23.2 Å². The van der Waals surface area contributed by atoms with E-state index in [0.717, 1.165) is 12.1 Å². The summed E-state index contributed by atoms with van der Waals surface area (Å²) in [6, 6.07) is 8.95. The first kappa shape index (κ1) is 25.6. The van der Waals surface area contributed by atoms with E-state index in [-0.39, 0.29) is 35.6 Å². The number of methoxy groups -OCH3 is 1. The number of rotatable bonds is 7. The maximum atomic E-state index is 14.6. The number of halogens is 4. The third-order valence-electron chi connectivity index (χ3n) is 5.35. The van der Waals surface area contributed by atoms with Gasteiger partial charge in [-0.3, -0.25) is 4.57 Å². The average Bonchev–Trinajstić information content (AvgIpc) is 2.86. The summed E-state index contributed by atoms with van der Waals surface area (Å²) < 4.78 is 71.2. The van der Waals surface area contributed by atoms with Crippen LogP contribution < -0.4 is 19.9 Å². The van der Waals surface area contributed by atoms with Crippen molar-refractivity contribution in [1.82, 2.24) is 19.5 Å². The average molecular weight is 516 g/mol. The molecular weight excluding hydrogens is 496 g/mol. The first-order chi connectivity index (χ1) is 17.5. The van der Waals surface area contributed by atoms with Gasteiger partial charge in [0, 0.05) is 31.1 Å². The summed E-state index contributed by atoms with van der Waals surface area (Å²) in [5.41, 5.74) is -0.0950. The van der Waals surface area contributed by atoms with Crippen molar-refractivity contribution in [2.45, 2.75) is 19.7 Å². The normalized spacial score (nSPS) is 11.3. The van der Waals surface area contributed by atoms with Gasteiger partial charge in [0.1, 0.15) is 12.4 Å². The lowest BCUT2D eigenvalue weighted by Crippen LogP contribution is -2.22. The maximum Gasteiger partial charge on any atom is 0.416 e. The Bertz CT molecular complexity index is 1490. The monoisotopic (exact) mass is 516 g/mol. The highest BCUT2D eigenvalue weighted by Gasteiger charge is 2.32. The van der Waals surface area contributed by atoms with Crippen molar-refractivity contribution >= 4 is 0 Å². The second-order valence-electron chi connectivity index (χ2n) is 7.91. The molecule has 0 aliphatic rings. The van der Waals surface area contributed by atoms with Crippen LogP contribution in [0.3, 0.4) is 0 Å². The van der Waals surface area contributed by atoms with Gasteiger partial charge in [-0.2, -0.15) is 18.2 Å². The summed E-state index contributed by atoms with van der Waals surface area (Å²) in [7, 11) is 2.95. The van der Waals surface area contributed by atoms with Gasteiger partial charge in [0.2, 0.25) is 5.88 Å². The minimum atomic E-state index is -4.56. The van der Waals surface area contributed by atoms with E-state index in [1.165, 1.54) is 68.4 Å². The Kier molecular flexibility index (Phi) is 7.09. The van der Waals surface area contributed by atoms with Gasteiger partial charge < -0.3 is 14.2 Å². The van der Waals surface area contributed by atoms with Crippen molar-refractivity contribution in [1.29, 1.82) is 0 Å². The van der Waals surface area contributed by atoms with Crippen LogP contribution in [0.1, 0.15) is 16.7 Å². The van der Waals surface area contributed by atoms with Gasteiger partial charge >= 0.3 is 17.9 Å². The number of hydrogen-bond acceptors (Lipinski definition) is 7. The zero-order chi connectivity index (χ0) is 26.7. The number of ether oxygens (including phenoxy) is 3. The lowest BCUT2D eigenvalue weighted by molar-refractivity contribution is -0.138. The van der Waals surface area contributed by atoms with Gasteiger partial charge in [0.15, 0.2) is 11.6 Å². The summed E-state index contributed by atoms with van der Waals surface area (Å²) >= 11 is 0. The molecule has 0 fully saturated rings. The highest BCUT2D eigenvalue weighted by atomic mass is 19.4. The quantitative estimate of drug-likeness (QED) is 0.317. The molecule has 2 heterocycles. The highest BCUT2D eigenvalue weighted by molar-refractivity contribution is 5.58. The summed E-state index contributed by atoms with van der Waals surface area (Å²) in [4.78, 5) is 24.2. The summed E-state index contributed by atoms with van der Waals surface area (Å²) in [5.74, 6) is -1.22. The van der Waals surface area contributed by atoms with Gasteiger partial charge in [0.25, 0.3) is 0 Å². The highest BCUT2D eigenvalue weighted by Crippen LogP contribution is 2.35. The molecule has 0 aliphatic heterocycles. The third-order valence-corrected chi connectivity index (χ3v) is 5.35. The van der Waals surface area contributed by atoms with Gasteiger partial charge in [-0.1, -0.05) is 12.1 Å². The summed E-state index contributed by atoms with van der Waals surface area (Å²) in [6.07, 6.45) is -1.61. The van der Waals surface area contributed by atoms with Crippen molar-refractivity contribution in [2.75, 3.05) is 7.11 Å². The molecule has 37 heavy (non-hydrogen) atoms. The molecule has 0 radical (unpaired) electrons. The number of hydrogen-bond donors (Lipinski definition) is 0. The largest absolute Gasteiger partial charge is 0.473 e. The van der Waals surface area contributed by atoms with E-state index in [4.69, 9.17) is 14.2 Å². The van der Waals surface area contributed by atoms with Crippen LogP contribution in [0.4, 0.5) is 17.6 Å². The zero-order valence-electron chi connectivity index (χ0n) is 19.8. The minimum Gasteiger partial charge on any atom is -0.473 e. The van der Waals surface area contributed by atoms with Crippen LogP contribution in [0.25, 0.3) is 11.3 Å². The Hall–Kier alpha value is -4.48. The summed E-state index contributed by atoms with van der Waals surface area (Å²) in [5, 5.41) is 0. The van der Waals surface area contributed by atoms with Crippen LogP contribution in [-0.4, -0.2) is 26.6 Å². The molecule has 0 atom stereocenters. The van der Waals surface area contributed by atoms with Gasteiger partial charge in [-0.15, -0.1) is 0 Å². The van der Waals surface area contributed by atoms with E-state index in [2.05, 4.69) is 15.0 Å². The van der Waals surface area contributed by atoms with Crippen LogP contribution in [0.5, 0.6) is 23.4 Å². The number of nitrogens with zero attached hydrogens (tertiary/aromatic N) is 4. The van der Waals surface area contributed by atoms with E-state index in [1.54, 1.807) is 0 Å². The standard InChI is InChI=1S/C25H20F4N4O4/c1-14-4-6-17(9-18(14)25(27,28)29)37-21-7-5-15(8-19(21)26)13-36-22-10-20(33(2)24(34)32-22)16-11-30-23(35-3)31-12-16/h4-12H,13H2,1-3H3. The maximum absolute atomic E-state index is 14.6. The first-order valence-corrected chi connectivity index (χ1v) is 10.8. The Morgan fingerprint density at radius 2 is 1.76 bits per heavy atom. The first-order valence-electron chi connectivity index (χ1n) is 10.8. The predicted octanol–water partition coefficient (Wildman–Crippen LogP) is 5.08. The Morgan fingerprint density at radius 1 is 1.03 bits per heavy atom. The van der Waals surface area contributed by atoms with Crippen molar-refractivity contribution in [3.8, 4) is 34.6 Å². The van der Waals surface area contributed by atoms with Crippen molar-refractivity contribution < 1.29 is 31.8 Å². The van der Waals surface area contributed by atoms with E-state index in [0.29, 0.717) is 16.8 Å². The van der Waals surface area contributed by atoms with E-state index >= 15 is 0 Å². The molecule has 0 amide bonds. The Balaban J connectivity index is 1.50. The van der Waals surface area contributed by atoms with Crippen LogP contribution in [0.15, 0.2) is 59.7 Å². The smallest absolute Gasteiger partial charge is 0.416 e. The fourth-order valence-corrected chi connectivity index (χ4v) is 3.39. The predicted molar refractivity (Wildman–Crippen MR) is 124 cm³/mol. The SMILES string of the molecule is COc1ncc(-c2cc(OCc3ccc(Oc4ccc(C)c(C(F)(F)F)c4)c(F)c3)nc(=O)n2C)cn1. The van der Waals surface area contributed by atoms with Crippen molar-refractivity contribution in [3.63, 3.8) is 0 Å².